The van der Waals surface area contributed by atoms with Gasteiger partial charge in [-0.1, -0.05) is 18.2 Å². The van der Waals surface area contributed by atoms with Crippen LogP contribution in [-0.2, 0) is 14.8 Å². The first-order chi connectivity index (χ1) is 15.6. The molecule has 1 aliphatic carbocycles. The van der Waals surface area contributed by atoms with E-state index in [1.54, 1.807) is 0 Å². The van der Waals surface area contributed by atoms with Gasteiger partial charge in [0, 0.05) is 12.1 Å². The summed E-state index contributed by atoms with van der Waals surface area (Å²) in [6, 6.07) is 7.13. The molecular formula is C23H35F3N2O4S. The van der Waals surface area contributed by atoms with Crippen molar-refractivity contribution in [1.29, 1.82) is 0 Å². The van der Waals surface area contributed by atoms with Crippen LogP contribution in [0.5, 0.6) is 5.75 Å². The summed E-state index contributed by atoms with van der Waals surface area (Å²) in [6.45, 7) is 4.21. The van der Waals surface area contributed by atoms with E-state index in [9.17, 15) is 21.6 Å². The molecule has 2 N–H and O–H groups in total. The molecule has 1 saturated heterocycles. The number of piperidine rings is 1. The predicted molar refractivity (Wildman–Crippen MR) is 121 cm³/mol. The third-order valence-electron chi connectivity index (χ3n) is 6.67. The first-order valence-corrected chi connectivity index (χ1v) is 13.3. The summed E-state index contributed by atoms with van der Waals surface area (Å²) in [6.07, 6.45) is 0.0894. The lowest BCUT2D eigenvalue weighted by atomic mass is 9.82. The van der Waals surface area contributed by atoms with Crippen LogP contribution >= 0.6 is 0 Å². The second-order valence-electron chi connectivity index (χ2n) is 8.93. The van der Waals surface area contributed by atoms with Gasteiger partial charge in [0.15, 0.2) is 5.25 Å². The largest absolute Gasteiger partial charge is 0.494 e. The van der Waals surface area contributed by atoms with Crippen molar-refractivity contribution in [3.63, 3.8) is 0 Å². The maximum atomic E-state index is 12.9. The average Bonchev–Trinajstić information content (AvgIpc) is 2.78. The number of benzene rings is 1. The molecule has 1 saturated carbocycles. The van der Waals surface area contributed by atoms with Crippen LogP contribution in [0.3, 0.4) is 0 Å². The van der Waals surface area contributed by atoms with Gasteiger partial charge in [-0.25, -0.2) is 13.1 Å². The number of ether oxygens (including phenoxy) is 2. The predicted octanol–water partition coefficient (Wildman–Crippen LogP) is 4.12. The average molecular weight is 493 g/mol. The summed E-state index contributed by atoms with van der Waals surface area (Å²) in [5.74, 6) is 1.34. The molecule has 0 amide bonds. The van der Waals surface area contributed by atoms with Gasteiger partial charge < -0.3 is 14.8 Å². The van der Waals surface area contributed by atoms with Crippen molar-refractivity contribution in [3.8, 4) is 5.75 Å². The lowest BCUT2D eigenvalue weighted by Gasteiger charge is -2.36. The fourth-order valence-corrected chi connectivity index (χ4v) is 5.90. The number of rotatable bonds is 9. The molecule has 1 aromatic carbocycles. The van der Waals surface area contributed by atoms with Crippen molar-refractivity contribution >= 4 is 10.0 Å². The Hall–Kier alpha value is -1.36. The molecule has 3 atom stereocenters. The minimum atomic E-state index is -4.81. The van der Waals surface area contributed by atoms with Crippen molar-refractivity contribution in [2.24, 2.45) is 0 Å². The highest BCUT2D eigenvalue weighted by Crippen LogP contribution is 2.38. The first kappa shape index (κ1) is 26.2. The van der Waals surface area contributed by atoms with Gasteiger partial charge in [0.05, 0.1) is 19.3 Å². The van der Waals surface area contributed by atoms with Crippen LogP contribution < -0.4 is 14.8 Å². The van der Waals surface area contributed by atoms with Crippen molar-refractivity contribution in [2.75, 3.05) is 19.8 Å². The quantitative estimate of drug-likeness (QED) is 0.542. The van der Waals surface area contributed by atoms with E-state index < -0.39 is 27.5 Å². The van der Waals surface area contributed by atoms with Gasteiger partial charge in [0.25, 0.3) is 0 Å². The van der Waals surface area contributed by atoms with Crippen molar-refractivity contribution in [1.82, 2.24) is 10.0 Å². The van der Waals surface area contributed by atoms with Crippen molar-refractivity contribution in [2.45, 2.75) is 87.9 Å². The Labute approximate surface area is 194 Å². The molecule has 2 aliphatic rings. The van der Waals surface area contributed by atoms with Crippen LogP contribution in [-0.4, -0.2) is 57.8 Å². The second-order valence-corrected chi connectivity index (χ2v) is 11.0. The Morgan fingerprint density at radius 2 is 1.85 bits per heavy atom. The Kier molecular flexibility index (Phi) is 9.05. The van der Waals surface area contributed by atoms with Gasteiger partial charge >= 0.3 is 6.18 Å². The van der Waals surface area contributed by atoms with Gasteiger partial charge in [-0.05, 0) is 76.5 Å². The third kappa shape index (κ3) is 7.07. The van der Waals surface area contributed by atoms with Gasteiger partial charge in [0.1, 0.15) is 5.75 Å². The van der Waals surface area contributed by atoms with Crippen LogP contribution in [0.1, 0.15) is 63.9 Å². The fourth-order valence-electron chi connectivity index (χ4n) is 4.64. The standard InChI is InChI=1S/C23H35F3N2O4S/c1-3-31-22-9-5-4-7-19(22)17-10-12-18(13-11-17)32-15-21-20(8-6-14-27-21)28-33(29,30)16(2)23(24,25)26/h4-5,7,9,16-18,20-21,27-28H,3,6,8,10-15H2,1-2H3/t16-,17?,18?,20-,21-/m0/s1. The Morgan fingerprint density at radius 3 is 2.52 bits per heavy atom. The maximum Gasteiger partial charge on any atom is 0.406 e. The lowest BCUT2D eigenvalue weighted by Crippen LogP contribution is -2.57. The molecule has 1 heterocycles. The van der Waals surface area contributed by atoms with E-state index >= 15 is 0 Å². The normalized spacial score (nSPS) is 27.8. The maximum absolute atomic E-state index is 12.9. The van der Waals surface area contributed by atoms with E-state index in [-0.39, 0.29) is 18.8 Å². The van der Waals surface area contributed by atoms with Gasteiger partial charge in [-0.2, -0.15) is 13.2 Å². The number of hydrogen-bond donors (Lipinski definition) is 2. The number of hydrogen-bond acceptors (Lipinski definition) is 5. The molecular weight excluding hydrogens is 457 g/mol. The number of nitrogens with one attached hydrogen (secondary N) is 2. The molecule has 0 aromatic heterocycles. The molecule has 188 valence electrons. The van der Waals surface area contributed by atoms with E-state index in [1.807, 2.05) is 25.1 Å². The molecule has 0 unspecified atom stereocenters. The van der Waals surface area contributed by atoms with E-state index in [0.29, 0.717) is 38.8 Å². The van der Waals surface area contributed by atoms with Crippen LogP contribution in [0.25, 0.3) is 0 Å². The fraction of sp³-hybridized carbons (Fsp3) is 0.739. The highest BCUT2D eigenvalue weighted by molar-refractivity contribution is 7.90. The lowest BCUT2D eigenvalue weighted by molar-refractivity contribution is -0.127. The molecule has 3 rings (SSSR count). The summed E-state index contributed by atoms with van der Waals surface area (Å²) in [4.78, 5) is 0. The topological polar surface area (TPSA) is 76.7 Å². The second kappa shape index (κ2) is 11.4. The van der Waals surface area contributed by atoms with E-state index in [2.05, 4.69) is 16.1 Å². The molecule has 33 heavy (non-hydrogen) atoms. The van der Waals surface area contributed by atoms with Gasteiger partial charge in [-0.15, -0.1) is 0 Å². The summed E-state index contributed by atoms with van der Waals surface area (Å²) < 4.78 is 77.4. The summed E-state index contributed by atoms with van der Waals surface area (Å²) >= 11 is 0. The minimum absolute atomic E-state index is 0.0515. The SMILES string of the molecule is CCOc1ccccc1C1CCC(OC[C@@H]2NCCC[C@@H]2NS(=O)(=O)[C@@H](C)C(F)(F)F)CC1. The zero-order valence-electron chi connectivity index (χ0n) is 19.2. The van der Waals surface area contributed by atoms with Crippen molar-refractivity contribution in [3.05, 3.63) is 29.8 Å². The van der Waals surface area contributed by atoms with Gasteiger partial charge in [0.2, 0.25) is 10.0 Å². The van der Waals surface area contributed by atoms with E-state index in [1.165, 1.54) is 5.56 Å². The Balaban J connectivity index is 1.52. The zero-order valence-corrected chi connectivity index (χ0v) is 20.1. The molecule has 2 fully saturated rings. The Morgan fingerprint density at radius 1 is 1.15 bits per heavy atom. The minimum Gasteiger partial charge on any atom is -0.494 e. The van der Waals surface area contributed by atoms with E-state index in [0.717, 1.165) is 31.4 Å². The van der Waals surface area contributed by atoms with Gasteiger partial charge in [-0.3, -0.25) is 0 Å². The van der Waals surface area contributed by atoms with E-state index in [4.69, 9.17) is 9.47 Å². The molecule has 10 heteroatoms. The monoisotopic (exact) mass is 492 g/mol. The van der Waals surface area contributed by atoms with Crippen molar-refractivity contribution < 1.29 is 31.1 Å². The zero-order chi connectivity index (χ0) is 24.1. The summed E-state index contributed by atoms with van der Waals surface area (Å²) in [5, 5.41) is 0.760. The molecule has 0 bridgehead atoms. The highest BCUT2D eigenvalue weighted by atomic mass is 32.2. The number of alkyl halides is 3. The molecule has 1 aromatic rings. The number of para-hydroxylation sites is 1. The number of sulfonamides is 1. The smallest absolute Gasteiger partial charge is 0.406 e. The molecule has 0 radical (unpaired) electrons. The molecule has 0 spiro atoms. The summed E-state index contributed by atoms with van der Waals surface area (Å²) in [7, 11) is -4.52. The van der Waals surface area contributed by atoms with Crippen LogP contribution in [0.2, 0.25) is 0 Å². The third-order valence-corrected chi connectivity index (χ3v) is 8.50. The first-order valence-electron chi connectivity index (χ1n) is 11.8. The number of halogens is 3. The molecule has 1 aliphatic heterocycles. The van der Waals surface area contributed by atoms with Crippen LogP contribution in [0.4, 0.5) is 13.2 Å². The van der Waals surface area contributed by atoms with Crippen LogP contribution in [0, 0.1) is 0 Å². The Bertz CT molecular complexity index is 858. The molecule has 6 nitrogen and oxygen atoms in total. The van der Waals surface area contributed by atoms with Crippen LogP contribution in [0.15, 0.2) is 24.3 Å². The highest BCUT2D eigenvalue weighted by Gasteiger charge is 2.46. The summed E-state index contributed by atoms with van der Waals surface area (Å²) in [5.41, 5.74) is 1.22.